The topological polar surface area (TPSA) is 80.5 Å². The number of nitrogens with zero attached hydrogens (tertiary/aromatic N) is 2. The van der Waals surface area contributed by atoms with Crippen LogP contribution >= 0.6 is 0 Å². The van der Waals surface area contributed by atoms with Crippen LogP contribution in [0, 0.1) is 11.8 Å². The van der Waals surface area contributed by atoms with Crippen LogP contribution in [0.3, 0.4) is 0 Å². The molecule has 2 atom stereocenters. The maximum absolute atomic E-state index is 13.0. The summed E-state index contributed by atoms with van der Waals surface area (Å²) in [5.41, 5.74) is 6.89. The van der Waals surface area contributed by atoms with E-state index in [1.807, 2.05) is 12.1 Å². The molecule has 1 aromatic rings. The van der Waals surface area contributed by atoms with E-state index in [0.29, 0.717) is 36.7 Å². The zero-order valence-electron chi connectivity index (χ0n) is 14.7. The largest absolute Gasteiger partial charge is 0.378 e. The van der Waals surface area contributed by atoms with Crippen LogP contribution in [0.4, 0.5) is 5.82 Å². The summed E-state index contributed by atoms with van der Waals surface area (Å²) in [5.74, 6) is 1.83. The highest BCUT2D eigenvalue weighted by Gasteiger charge is 2.40. The lowest BCUT2D eigenvalue weighted by atomic mass is 9.67. The van der Waals surface area contributed by atoms with Crippen molar-refractivity contribution in [1.82, 2.24) is 10.3 Å². The number of ether oxygens (including phenoxy) is 1. The summed E-state index contributed by atoms with van der Waals surface area (Å²) in [6, 6.07) is 4.29. The predicted octanol–water partition coefficient (Wildman–Crippen LogP) is 1.55. The van der Waals surface area contributed by atoms with Gasteiger partial charge in [-0.3, -0.25) is 4.79 Å². The van der Waals surface area contributed by atoms with Gasteiger partial charge in [-0.25, -0.2) is 4.98 Å². The number of hydrogen-bond acceptors (Lipinski definition) is 5. The van der Waals surface area contributed by atoms with E-state index >= 15 is 0 Å². The third-order valence-corrected chi connectivity index (χ3v) is 6.02. The number of amides is 1. The van der Waals surface area contributed by atoms with Gasteiger partial charge in [0, 0.05) is 31.4 Å². The second-order valence-electron chi connectivity index (χ2n) is 7.66. The molecule has 3 N–H and O–H groups in total. The van der Waals surface area contributed by atoms with E-state index < -0.39 is 0 Å². The number of rotatable bonds is 3. The number of pyridine rings is 1. The molecule has 2 unspecified atom stereocenters. The van der Waals surface area contributed by atoms with E-state index in [2.05, 4.69) is 15.2 Å². The van der Waals surface area contributed by atoms with Crippen LogP contribution in [0.5, 0.6) is 0 Å². The van der Waals surface area contributed by atoms with Crippen LogP contribution in [0.1, 0.15) is 42.5 Å². The van der Waals surface area contributed by atoms with Crippen molar-refractivity contribution >= 4 is 11.7 Å². The highest BCUT2D eigenvalue weighted by atomic mass is 16.5. The number of carbonyl (C=O) groups is 1. The van der Waals surface area contributed by atoms with Gasteiger partial charge in [-0.1, -0.05) is 6.42 Å². The first-order valence-electron chi connectivity index (χ1n) is 9.56. The van der Waals surface area contributed by atoms with Gasteiger partial charge in [0.2, 0.25) is 0 Å². The minimum atomic E-state index is 0.00645. The van der Waals surface area contributed by atoms with E-state index in [0.717, 1.165) is 31.7 Å². The highest BCUT2D eigenvalue weighted by Crippen LogP contribution is 2.39. The molecule has 1 saturated heterocycles. The summed E-state index contributed by atoms with van der Waals surface area (Å²) in [5, 5.41) is 3.34. The minimum Gasteiger partial charge on any atom is -0.378 e. The molecule has 2 heterocycles. The molecule has 1 aliphatic heterocycles. The lowest BCUT2D eigenvalue weighted by Crippen LogP contribution is -2.53. The summed E-state index contributed by atoms with van der Waals surface area (Å²) in [6.45, 7) is 2.92. The number of anilines is 1. The zero-order chi connectivity index (χ0) is 17.2. The highest BCUT2D eigenvalue weighted by molar-refractivity contribution is 5.99. The van der Waals surface area contributed by atoms with Crippen molar-refractivity contribution in [1.29, 1.82) is 0 Å². The molecule has 136 valence electrons. The van der Waals surface area contributed by atoms with E-state index in [4.69, 9.17) is 10.5 Å². The fourth-order valence-electron chi connectivity index (χ4n) is 4.86. The molecule has 0 aromatic carbocycles. The van der Waals surface area contributed by atoms with E-state index in [9.17, 15) is 4.79 Å². The standard InChI is InChI=1S/C19H28N4O2/c20-15-11-13-3-1-4-14(12-15)17(13)22-19(24)16-5-2-6-21-18(16)23-7-9-25-10-8-23/h2,5-6,13-15,17H,1,3-4,7-12,20H2,(H,22,24). The zero-order valence-corrected chi connectivity index (χ0v) is 14.7. The van der Waals surface area contributed by atoms with Crippen LogP contribution in [0.25, 0.3) is 0 Å². The fourth-order valence-corrected chi connectivity index (χ4v) is 4.86. The van der Waals surface area contributed by atoms with Crippen molar-refractivity contribution < 1.29 is 9.53 Å². The molecule has 0 spiro atoms. The maximum Gasteiger partial charge on any atom is 0.255 e. The molecule has 6 heteroatoms. The van der Waals surface area contributed by atoms with Gasteiger partial charge in [-0.15, -0.1) is 0 Å². The Morgan fingerprint density at radius 1 is 1.24 bits per heavy atom. The van der Waals surface area contributed by atoms with Crippen LogP contribution in [0.15, 0.2) is 18.3 Å². The van der Waals surface area contributed by atoms with E-state index in [1.165, 1.54) is 19.3 Å². The third kappa shape index (κ3) is 3.51. The Morgan fingerprint density at radius 3 is 2.68 bits per heavy atom. The Labute approximate surface area is 149 Å². The van der Waals surface area contributed by atoms with Gasteiger partial charge in [0.15, 0.2) is 0 Å². The number of aromatic nitrogens is 1. The average molecular weight is 344 g/mol. The number of carbonyl (C=O) groups excluding carboxylic acids is 1. The van der Waals surface area contributed by atoms with Crippen molar-refractivity contribution in [3.63, 3.8) is 0 Å². The summed E-state index contributed by atoms with van der Waals surface area (Å²) in [6.07, 6.45) is 7.45. The van der Waals surface area contributed by atoms with Crippen molar-refractivity contribution in [2.75, 3.05) is 31.2 Å². The number of hydrogen-bond donors (Lipinski definition) is 2. The predicted molar refractivity (Wildman–Crippen MR) is 96.6 cm³/mol. The summed E-state index contributed by atoms with van der Waals surface area (Å²) < 4.78 is 5.42. The van der Waals surface area contributed by atoms with Crippen molar-refractivity contribution in [3.8, 4) is 0 Å². The molecule has 1 amide bonds. The molecular formula is C19H28N4O2. The van der Waals surface area contributed by atoms with Gasteiger partial charge in [-0.2, -0.15) is 0 Å². The van der Waals surface area contributed by atoms with Crippen LogP contribution < -0.4 is 16.0 Å². The Kier molecular flexibility index (Phi) is 4.90. The van der Waals surface area contributed by atoms with Crippen LogP contribution in [-0.2, 0) is 4.74 Å². The monoisotopic (exact) mass is 344 g/mol. The van der Waals surface area contributed by atoms with Gasteiger partial charge in [0.05, 0.1) is 18.8 Å². The first-order chi connectivity index (χ1) is 12.2. The molecule has 25 heavy (non-hydrogen) atoms. The molecule has 2 saturated carbocycles. The molecule has 4 rings (SSSR count). The van der Waals surface area contributed by atoms with Crippen LogP contribution in [0.2, 0.25) is 0 Å². The quantitative estimate of drug-likeness (QED) is 0.870. The smallest absolute Gasteiger partial charge is 0.255 e. The second-order valence-corrected chi connectivity index (χ2v) is 7.66. The summed E-state index contributed by atoms with van der Waals surface area (Å²) >= 11 is 0. The molecule has 6 nitrogen and oxygen atoms in total. The van der Waals surface area contributed by atoms with Crippen molar-refractivity contribution in [2.24, 2.45) is 17.6 Å². The molecular weight excluding hydrogens is 316 g/mol. The van der Waals surface area contributed by atoms with Crippen molar-refractivity contribution in [3.05, 3.63) is 23.9 Å². The number of nitrogens with two attached hydrogens (primary N) is 1. The normalized spacial score (nSPS) is 32.3. The van der Waals surface area contributed by atoms with E-state index in [-0.39, 0.29) is 11.9 Å². The minimum absolute atomic E-state index is 0.00645. The average Bonchev–Trinajstić information content (AvgIpc) is 2.63. The van der Waals surface area contributed by atoms with Gasteiger partial charge >= 0.3 is 0 Å². The molecule has 1 aromatic heterocycles. The first-order valence-corrected chi connectivity index (χ1v) is 9.56. The second kappa shape index (κ2) is 7.30. The van der Waals surface area contributed by atoms with Gasteiger partial charge in [0.25, 0.3) is 5.91 Å². The summed E-state index contributed by atoms with van der Waals surface area (Å²) in [7, 11) is 0. The van der Waals surface area contributed by atoms with Gasteiger partial charge in [0.1, 0.15) is 5.82 Å². The molecule has 3 fully saturated rings. The number of fused-ring (bicyclic) bond motifs is 2. The Hall–Kier alpha value is -1.66. The number of nitrogens with one attached hydrogen (secondary N) is 1. The molecule has 2 aliphatic carbocycles. The lowest BCUT2D eigenvalue weighted by molar-refractivity contribution is 0.0755. The maximum atomic E-state index is 13.0. The summed E-state index contributed by atoms with van der Waals surface area (Å²) in [4.78, 5) is 19.7. The molecule has 2 bridgehead atoms. The van der Waals surface area contributed by atoms with E-state index in [1.54, 1.807) is 6.20 Å². The lowest BCUT2D eigenvalue weighted by Gasteiger charge is -2.45. The third-order valence-electron chi connectivity index (χ3n) is 6.02. The Morgan fingerprint density at radius 2 is 1.96 bits per heavy atom. The van der Waals surface area contributed by atoms with Gasteiger partial charge < -0.3 is 20.7 Å². The first kappa shape index (κ1) is 16.8. The molecule has 0 radical (unpaired) electrons. The van der Waals surface area contributed by atoms with Crippen molar-refractivity contribution in [2.45, 2.75) is 44.2 Å². The van der Waals surface area contributed by atoms with Crippen LogP contribution in [-0.4, -0.2) is 49.3 Å². The fraction of sp³-hybridized carbons (Fsp3) is 0.684. The Balaban J connectivity index is 1.51. The Bertz CT molecular complexity index is 603. The molecule has 3 aliphatic rings. The number of morpholine rings is 1. The SMILES string of the molecule is NC1CC2CCCC(C1)C2NC(=O)c1cccnc1N1CCOCC1. The van der Waals surface area contributed by atoms with Gasteiger partial charge in [-0.05, 0) is 49.7 Å².